The number of nitrogen functional groups attached to an aromatic ring is 1. The molecule has 0 amide bonds. The van der Waals surface area contributed by atoms with E-state index in [1.807, 2.05) is 24.3 Å². The van der Waals surface area contributed by atoms with E-state index in [9.17, 15) is 0 Å². The van der Waals surface area contributed by atoms with Crippen molar-refractivity contribution in [3.63, 3.8) is 0 Å². The topological polar surface area (TPSA) is 64.9 Å². The molecule has 0 bridgehead atoms. The minimum atomic E-state index is 0.243. The minimum Gasteiger partial charge on any atom is -0.454 e. The van der Waals surface area contributed by atoms with Crippen LogP contribution in [0.4, 0.5) is 5.95 Å². The van der Waals surface area contributed by atoms with Crippen molar-refractivity contribution in [2.45, 2.75) is 0 Å². The lowest BCUT2D eigenvalue weighted by atomic mass is 10.1. The van der Waals surface area contributed by atoms with E-state index in [0.29, 0.717) is 11.5 Å². The number of hydrogen-bond acceptors (Lipinski definition) is 4. The van der Waals surface area contributed by atoms with Crippen LogP contribution in [0, 0.1) is 0 Å². The summed E-state index contributed by atoms with van der Waals surface area (Å²) in [5, 5.41) is 3.44. The fraction of sp³-hybridized carbons (Fsp3) is 0. The van der Waals surface area contributed by atoms with Crippen molar-refractivity contribution in [1.82, 2.24) is 9.97 Å². The Kier molecular flexibility index (Phi) is 2.23. The second kappa shape index (κ2) is 4.06. The van der Waals surface area contributed by atoms with Crippen molar-refractivity contribution in [1.29, 1.82) is 0 Å². The van der Waals surface area contributed by atoms with Gasteiger partial charge in [-0.15, -0.1) is 0 Å². The molecule has 20 heavy (non-hydrogen) atoms. The Balaban J connectivity index is 2.01. The Morgan fingerprint density at radius 1 is 0.950 bits per heavy atom. The molecular formula is C16H11N3O. The van der Waals surface area contributed by atoms with Crippen LogP contribution in [-0.2, 0) is 0 Å². The quantitative estimate of drug-likeness (QED) is 0.568. The molecule has 0 spiro atoms. The molecule has 2 heterocycles. The molecular weight excluding hydrogens is 250 g/mol. The van der Waals surface area contributed by atoms with Crippen LogP contribution in [0.25, 0.3) is 33.2 Å². The summed E-state index contributed by atoms with van der Waals surface area (Å²) in [5.74, 6) is 0.943. The number of hydrogen-bond donors (Lipinski definition) is 1. The number of nitrogens with two attached hydrogens (primary N) is 1. The van der Waals surface area contributed by atoms with Crippen molar-refractivity contribution in [3.8, 4) is 11.5 Å². The number of aromatic nitrogens is 2. The smallest absolute Gasteiger partial charge is 0.220 e. The zero-order valence-electron chi connectivity index (χ0n) is 10.6. The van der Waals surface area contributed by atoms with E-state index in [1.165, 1.54) is 10.8 Å². The maximum Gasteiger partial charge on any atom is 0.220 e. The van der Waals surface area contributed by atoms with Gasteiger partial charge in [0.2, 0.25) is 5.95 Å². The summed E-state index contributed by atoms with van der Waals surface area (Å²) in [7, 11) is 0. The Labute approximate surface area is 114 Å². The lowest BCUT2D eigenvalue weighted by Gasteiger charge is -1.96. The van der Waals surface area contributed by atoms with Crippen LogP contribution >= 0.6 is 0 Å². The van der Waals surface area contributed by atoms with Gasteiger partial charge in [0.25, 0.3) is 0 Å². The highest BCUT2D eigenvalue weighted by Gasteiger charge is 2.10. The highest BCUT2D eigenvalue weighted by molar-refractivity contribution is 6.06. The highest BCUT2D eigenvalue weighted by Crippen LogP contribution is 2.31. The first-order valence-corrected chi connectivity index (χ1v) is 6.31. The molecule has 4 rings (SSSR count). The predicted octanol–water partition coefficient (Wildman–Crippen LogP) is 3.63. The van der Waals surface area contributed by atoms with Crippen molar-refractivity contribution >= 4 is 27.7 Å². The highest BCUT2D eigenvalue weighted by atomic mass is 16.3. The molecule has 0 aliphatic rings. The monoisotopic (exact) mass is 261 g/mol. The molecule has 4 heteroatoms. The molecule has 0 aliphatic heterocycles. The average molecular weight is 261 g/mol. The molecule has 0 unspecified atom stereocenters. The van der Waals surface area contributed by atoms with Gasteiger partial charge < -0.3 is 10.2 Å². The number of benzene rings is 2. The van der Waals surface area contributed by atoms with Gasteiger partial charge in [0, 0.05) is 11.6 Å². The fourth-order valence-corrected chi connectivity index (χ4v) is 2.43. The maximum atomic E-state index is 5.87. The van der Waals surface area contributed by atoms with Crippen molar-refractivity contribution < 1.29 is 4.42 Å². The van der Waals surface area contributed by atoms with Gasteiger partial charge in [-0.2, -0.15) is 0 Å². The van der Waals surface area contributed by atoms with Gasteiger partial charge in [-0.1, -0.05) is 30.3 Å². The van der Waals surface area contributed by atoms with Gasteiger partial charge in [0.05, 0.1) is 0 Å². The molecule has 2 aromatic heterocycles. The molecule has 2 N–H and O–H groups in total. The molecule has 0 fully saturated rings. The molecule has 4 aromatic rings. The van der Waals surface area contributed by atoms with E-state index >= 15 is 0 Å². The Morgan fingerprint density at radius 2 is 1.85 bits per heavy atom. The lowest BCUT2D eigenvalue weighted by Crippen LogP contribution is -1.94. The number of rotatable bonds is 1. The van der Waals surface area contributed by atoms with Gasteiger partial charge in [-0.3, -0.25) is 0 Å². The Morgan fingerprint density at radius 3 is 2.75 bits per heavy atom. The molecule has 0 saturated carbocycles. The van der Waals surface area contributed by atoms with Crippen LogP contribution in [0.1, 0.15) is 0 Å². The van der Waals surface area contributed by atoms with Crippen LogP contribution in [-0.4, -0.2) is 9.97 Å². The number of fused-ring (bicyclic) bond motifs is 3. The van der Waals surface area contributed by atoms with E-state index in [1.54, 1.807) is 12.3 Å². The standard InChI is InChI=1S/C16H11N3O/c17-16-18-8-7-13(19-16)15-9-12-11-4-2-1-3-10(11)5-6-14(12)20-15/h1-9H,(H2,17,18,19). The molecule has 0 radical (unpaired) electrons. The number of anilines is 1. The van der Waals surface area contributed by atoms with Crippen LogP contribution in [0.3, 0.4) is 0 Å². The van der Waals surface area contributed by atoms with Gasteiger partial charge in [0.15, 0.2) is 5.76 Å². The third-order valence-corrected chi connectivity index (χ3v) is 3.35. The Bertz CT molecular complexity index is 927. The van der Waals surface area contributed by atoms with E-state index in [2.05, 4.69) is 28.2 Å². The third kappa shape index (κ3) is 1.62. The van der Waals surface area contributed by atoms with Crippen LogP contribution in [0.2, 0.25) is 0 Å². The molecule has 0 atom stereocenters. The second-order valence-electron chi connectivity index (χ2n) is 4.61. The largest absolute Gasteiger partial charge is 0.454 e. The third-order valence-electron chi connectivity index (χ3n) is 3.35. The Hall–Kier alpha value is -2.88. The van der Waals surface area contributed by atoms with Crippen LogP contribution < -0.4 is 5.73 Å². The zero-order chi connectivity index (χ0) is 13.5. The second-order valence-corrected chi connectivity index (χ2v) is 4.61. The van der Waals surface area contributed by atoms with Crippen LogP contribution in [0.15, 0.2) is 59.1 Å². The van der Waals surface area contributed by atoms with Crippen molar-refractivity contribution in [2.75, 3.05) is 5.73 Å². The van der Waals surface area contributed by atoms with Crippen LogP contribution in [0.5, 0.6) is 0 Å². The van der Waals surface area contributed by atoms with Crippen molar-refractivity contribution in [2.24, 2.45) is 0 Å². The summed E-state index contributed by atoms with van der Waals surface area (Å²) in [6, 6.07) is 16.0. The number of furan rings is 1. The van der Waals surface area contributed by atoms with E-state index < -0.39 is 0 Å². The SMILES string of the molecule is Nc1nccc(-c2cc3c(ccc4ccccc43)o2)n1. The molecule has 2 aromatic carbocycles. The lowest BCUT2D eigenvalue weighted by molar-refractivity contribution is 0.629. The summed E-state index contributed by atoms with van der Waals surface area (Å²) >= 11 is 0. The van der Waals surface area contributed by atoms with Gasteiger partial charge >= 0.3 is 0 Å². The van der Waals surface area contributed by atoms with E-state index in [4.69, 9.17) is 10.2 Å². The fourth-order valence-electron chi connectivity index (χ4n) is 2.43. The molecule has 96 valence electrons. The van der Waals surface area contributed by atoms with Crippen molar-refractivity contribution in [3.05, 3.63) is 54.7 Å². The maximum absolute atomic E-state index is 5.87. The summed E-state index contributed by atoms with van der Waals surface area (Å²) in [4.78, 5) is 8.09. The zero-order valence-corrected chi connectivity index (χ0v) is 10.6. The minimum absolute atomic E-state index is 0.243. The summed E-state index contributed by atoms with van der Waals surface area (Å²) in [6.07, 6.45) is 1.63. The first-order chi connectivity index (χ1) is 9.81. The summed E-state index contributed by atoms with van der Waals surface area (Å²) in [6.45, 7) is 0. The molecule has 4 nitrogen and oxygen atoms in total. The summed E-state index contributed by atoms with van der Waals surface area (Å²) < 4.78 is 5.87. The number of nitrogens with zero attached hydrogens (tertiary/aromatic N) is 2. The molecule has 0 aliphatic carbocycles. The van der Waals surface area contributed by atoms with Gasteiger partial charge in [0.1, 0.15) is 11.3 Å². The van der Waals surface area contributed by atoms with Gasteiger partial charge in [-0.05, 0) is 29.0 Å². The first-order valence-electron chi connectivity index (χ1n) is 6.31. The van der Waals surface area contributed by atoms with E-state index in [0.717, 1.165) is 11.0 Å². The van der Waals surface area contributed by atoms with Gasteiger partial charge in [-0.25, -0.2) is 9.97 Å². The first kappa shape index (κ1) is 11.0. The van der Waals surface area contributed by atoms with E-state index in [-0.39, 0.29) is 5.95 Å². The normalized spacial score (nSPS) is 11.2. The molecule has 0 saturated heterocycles. The predicted molar refractivity (Wildman–Crippen MR) is 79.2 cm³/mol. The average Bonchev–Trinajstić information content (AvgIpc) is 2.92. The summed E-state index contributed by atoms with van der Waals surface area (Å²) in [5.41, 5.74) is 7.15.